The van der Waals surface area contributed by atoms with E-state index in [9.17, 15) is 4.79 Å². The third-order valence-electron chi connectivity index (χ3n) is 3.09. The van der Waals surface area contributed by atoms with Gasteiger partial charge in [-0.05, 0) is 26.2 Å². The number of amides is 1. The number of thiocarbonyl (C=S) groups is 1. The van der Waals surface area contributed by atoms with Crippen molar-refractivity contribution >= 4 is 23.1 Å². The van der Waals surface area contributed by atoms with Crippen molar-refractivity contribution < 1.29 is 9.53 Å². The Bertz CT molecular complexity index is 275. The van der Waals surface area contributed by atoms with E-state index >= 15 is 0 Å². The van der Waals surface area contributed by atoms with E-state index < -0.39 is 0 Å². The molecular weight excluding hydrogens is 224 g/mol. The molecule has 0 aromatic heterocycles. The highest BCUT2D eigenvalue weighted by Gasteiger charge is 2.31. The van der Waals surface area contributed by atoms with Crippen LogP contribution in [0.15, 0.2) is 0 Å². The van der Waals surface area contributed by atoms with Crippen LogP contribution in [-0.2, 0) is 9.53 Å². The van der Waals surface area contributed by atoms with Gasteiger partial charge >= 0.3 is 0 Å². The summed E-state index contributed by atoms with van der Waals surface area (Å²) in [6.45, 7) is 5.34. The normalized spacial score (nSPS) is 21.1. The van der Waals surface area contributed by atoms with Gasteiger partial charge in [-0.2, -0.15) is 0 Å². The van der Waals surface area contributed by atoms with Gasteiger partial charge < -0.3 is 15.8 Å². The molecule has 1 aliphatic rings. The van der Waals surface area contributed by atoms with Crippen LogP contribution in [0.5, 0.6) is 0 Å². The highest BCUT2D eigenvalue weighted by Crippen LogP contribution is 2.20. The van der Waals surface area contributed by atoms with E-state index in [0.29, 0.717) is 19.6 Å². The lowest BCUT2D eigenvalue weighted by molar-refractivity contribution is -0.126. The number of carbonyl (C=O) groups excluding carboxylic acids is 1. The predicted molar refractivity (Wildman–Crippen MR) is 67.2 cm³/mol. The fourth-order valence-corrected chi connectivity index (χ4v) is 2.12. The summed E-state index contributed by atoms with van der Waals surface area (Å²) >= 11 is 4.89. The van der Waals surface area contributed by atoms with Crippen molar-refractivity contribution in [3.63, 3.8) is 0 Å². The second-order valence-electron chi connectivity index (χ2n) is 4.53. The zero-order valence-corrected chi connectivity index (χ0v) is 10.7. The number of hydrogen-bond acceptors (Lipinski definition) is 3. The molecule has 0 radical (unpaired) electrons. The minimum Gasteiger partial charge on any atom is -0.393 e. The molecule has 5 heteroatoms. The van der Waals surface area contributed by atoms with E-state index in [4.69, 9.17) is 22.7 Å². The Hall–Kier alpha value is -0.680. The van der Waals surface area contributed by atoms with Crippen LogP contribution < -0.4 is 11.1 Å². The van der Waals surface area contributed by atoms with Gasteiger partial charge in [-0.3, -0.25) is 4.79 Å². The first-order chi connectivity index (χ1) is 7.48. The van der Waals surface area contributed by atoms with Crippen LogP contribution in [0.2, 0.25) is 0 Å². The topological polar surface area (TPSA) is 64.3 Å². The highest BCUT2D eigenvalue weighted by atomic mass is 32.1. The number of nitrogens with two attached hydrogens (primary N) is 1. The van der Waals surface area contributed by atoms with Crippen molar-refractivity contribution in [3.05, 3.63) is 0 Å². The second kappa shape index (κ2) is 5.59. The van der Waals surface area contributed by atoms with Crippen LogP contribution in [0.3, 0.4) is 0 Å². The van der Waals surface area contributed by atoms with Crippen LogP contribution in [0.1, 0.15) is 33.1 Å². The van der Waals surface area contributed by atoms with Crippen LogP contribution in [0.4, 0.5) is 0 Å². The van der Waals surface area contributed by atoms with E-state index in [0.717, 1.165) is 12.8 Å². The lowest BCUT2D eigenvalue weighted by Crippen LogP contribution is -2.52. The summed E-state index contributed by atoms with van der Waals surface area (Å²) in [4.78, 5) is 12.2. The Morgan fingerprint density at radius 1 is 1.56 bits per heavy atom. The zero-order valence-electron chi connectivity index (χ0n) is 9.91. The molecule has 3 N–H and O–H groups in total. The Morgan fingerprint density at radius 2 is 2.12 bits per heavy atom. The fourth-order valence-electron chi connectivity index (χ4n) is 1.85. The van der Waals surface area contributed by atoms with Crippen molar-refractivity contribution in [3.8, 4) is 0 Å². The van der Waals surface area contributed by atoms with Crippen molar-refractivity contribution in [1.29, 1.82) is 0 Å². The lowest BCUT2D eigenvalue weighted by atomic mass is 9.91. The largest absolute Gasteiger partial charge is 0.393 e. The van der Waals surface area contributed by atoms with Crippen molar-refractivity contribution in [1.82, 2.24) is 5.32 Å². The Kier molecular flexibility index (Phi) is 4.68. The van der Waals surface area contributed by atoms with E-state index in [1.165, 1.54) is 0 Å². The first kappa shape index (κ1) is 13.4. The van der Waals surface area contributed by atoms with Gasteiger partial charge in [0.1, 0.15) is 0 Å². The number of carbonyl (C=O) groups is 1. The van der Waals surface area contributed by atoms with Crippen LogP contribution in [-0.4, -0.2) is 29.6 Å². The van der Waals surface area contributed by atoms with E-state index in [2.05, 4.69) is 5.32 Å². The minimum atomic E-state index is -0.352. The zero-order chi connectivity index (χ0) is 12.2. The second-order valence-corrected chi connectivity index (χ2v) is 5.00. The molecule has 1 amide bonds. The monoisotopic (exact) mass is 244 g/mol. The van der Waals surface area contributed by atoms with Gasteiger partial charge in [-0.25, -0.2) is 0 Å². The molecule has 1 rings (SSSR count). The minimum absolute atomic E-state index is 0.0561. The summed E-state index contributed by atoms with van der Waals surface area (Å²) < 4.78 is 5.28. The van der Waals surface area contributed by atoms with Crippen molar-refractivity contribution in [2.45, 2.75) is 38.6 Å². The molecule has 1 fully saturated rings. The molecule has 1 heterocycles. The lowest BCUT2D eigenvalue weighted by Gasteiger charge is -2.35. The standard InChI is InChI=1S/C11H20N2O2S/c1-3-8(9(12)16)10(14)13-11(2)4-6-15-7-5-11/h8H,3-7H2,1-2H3,(H2,12,16)(H,13,14). The first-order valence-corrected chi connectivity index (χ1v) is 6.08. The van der Waals surface area contributed by atoms with Gasteiger partial charge in [0.2, 0.25) is 5.91 Å². The molecule has 1 aliphatic heterocycles. The average molecular weight is 244 g/mol. The van der Waals surface area contributed by atoms with Crippen LogP contribution in [0, 0.1) is 5.92 Å². The van der Waals surface area contributed by atoms with E-state index in [1.54, 1.807) is 0 Å². The van der Waals surface area contributed by atoms with Crippen molar-refractivity contribution in [2.24, 2.45) is 11.7 Å². The third-order valence-corrected chi connectivity index (χ3v) is 3.37. The molecule has 0 aliphatic carbocycles. The number of rotatable bonds is 4. The summed E-state index contributed by atoms with van der Waals surface area (Å²) in [5.74, 6) is -0.408. The molecule has 1 atom stereocenters. The first-order valence-electron chi connectivity index (χ1n) is 5.67. The molecule has 1 saturated heterocycles. The fraction of sp³-hybridized carbons (Fsp3) is 0.818. The van der Waals surface area contributed by atoms with Crippen molar-refractivity contribution in [2.75, 3.05) is 13.2 Å². The van der Waals surface area contributed by atoms with Gasteiger partial charge in [0.25, 0.3) is 0 Å². The molecule has 0 aromatic rings. The summed E-state index contributed by atoms with van der Waals surface area (Å²) in [6.07, 6.45) is 2.33. The number of ether oxygens (including phenoxy) is 1. The molecule has 0 bridgehead atoms. The Morgan fingerprint density at radius 3 is 2.56 bits per heavy atom. The smallest absolute Gasteiger partial charge is 0.230 e. The molecule has 1 unspecified atom stereocenters. The Labute approximate surface area is 102 Å². The van der Waals surface area contributed by atoms with E-state index in [-0.39, 0.29) is 22.4 Å². The molecule has 4 nitrogen and oxygen atoms in total. The van der Waals surface area contributed by atoms with Gasteiger partial charge in [0.15, 0.2) is 0 Å². The highest BCUT2D eigenvalue weighted by molar-refractivity contribution is 7.80. The molecule has 92 valence electrons. The number of nitrogens with one attached hydrogen (secondary N) is 1. The van der Waals surface area contributed by atoms with Crippen LogP contribution >= 0.6 is 12.2 Å². The predicted octanol–water partition coefficient (Wildman–Crippen LogP) is 0.984. The SMILES string of the molecule is CCC(C(=O)NC1(C)CCOCC1)C(N)=S. The summed E-state index contributed by atoms with van der Waals surface area (Å²) in [7, 11) is 0. The maximum atomic E-state index is 12.0. The molecule has 16 heavy (non-hydrogen) atoms. The molecule has 0 aromatic carbocycles. The quantitative estimate of drug-likeness (QED) is 0.724. The molecular formula is C11H20N2O2S. The maximum absolute atomic E-state index is 12.0. The summed E-state index contributed by atoms with van der Waals surface area (Å²) in [6, 6.07) is 0. The van der Waals surface area contributed by atoms with Gasteiger partial charge in [0.05, 0.1) is 10.9 Å². The van der Waals surface area contributed by atoms with Gasteiger partial charge in [-0.1, -0.05) is 19.1 Å². The third kappa shape index (κ3) is 3.42. The van der Waals surface area contributed by atoms with Gasteiger partial charge in [0, 0.05) is 18.8 Å². The van der Waals surface area contributed by atoms with Gasteiger partial charge in [-0.15, -0.1) is 0 Å². The Balaban J connectivity index is 2.58. The molecule has 0 saturated carbocycles. The summed E-state index contributed by atoms with van der Waals surface area (Å²) in [5.41, 5.74) is 5.37. The average Bonchev–Trinajstić information content (AvgIpc) is 2.18. The van der Waals surface area contributed by atoms with Crippen LogP contribution in [0.25, 0.3) is 0 Å². The molecule has 0 spiro atoms. The number of hydrogen-bond donors (Lipinski definition) is 2. The van der Waals surface area contributed by atoms with E-state index in [1.807, 2.05) is 13.8 Å². The summed E-state index contributed by atoms with van der Waals surface area (Å²) in [5, 5.41) is 3.04. The maximum Gasteiger partial charge on any atom is 0.230 e.